The Morgan fingerprint density at radius 3 is 2.67 bits per heavy atom. The molecule has 1 aromatic heterocycles. The Hall–Kier alpha value is -2.12. The maximum atomic E-state index is 12.6. The number of hydrogen-bond acceptors (Lipinski definition) is 5. The highest BCUT2D eigenvalue weighted by Gasteiger charge is 2.21. The Balaban J connectivity index is 2.07. The first-order chi connectivity index (χ1) is 11.4. The van der Waals surface area contributed by atoms with E-state index in [1.807, 2.05) is 0 Å². The van der Waals surface area contributed by atoms with Crippen molar-refractivity contribution in [2.45, 2.75) is 10.6 Å². The molecule has 0 amide bonds. The maximum Gasteiger partial charge on any atom is 0.355 e. The topological polar surface area (TPSA) is 73.6 Å². The summed E-state index contributed by atoms with van der Waals surface area (Å²) in [6, 6.07) is 13.1. The van der Waals surface area contributed by atoms with Gasteiger partial charge in [0.05, 0.1) is 12.9 Å². The minimum atomic E-state index is -3.85. The summed E-state index contributed by atoms with van der Waals surface area (Å²) in [4.78, 5) is 11.7. The minimum absolute atomic E-state index is 0.311. The molecule has 5 nitrogen and oxygen atoms in total. The van der Waals surface area contributed by atoms with E-state index in [2.05, 4.69) is 15.9 Å². The van der Waals surface area contributed by atoms with Crippen molar-refractivity contribution in [1.82, 2.24) is 0 Å². The van der Waals surface area contributed by atoms with Crippen LogP contribution in [-0.2, 0) is 15.6 Å². The fraction of sp³-hybridized carbons (Fsp3) is 0.118. The SMILES string of the molecule is COc1cccc(CS(=O)(=O)c2cc3cc(Br)ccc3oc2=O)c1. The molecule has 3 rings (SSSR count). The molecule has 7 heteroatoms. The molecular formula is C17H13BrO5S. The van der Waals surface area contributed by atoms with Gasteiger partial charge in [0.25, 0.3) is 0 Å². The molecule has 0 spiro atoms. The highest BCUT2D eigenvalue weighted by atomic mass is 79.9. The summed E-state index contributed by atoms with van der Waals surface area (Å²) >= 11 is 3.31. The summed E-state index contributed by atoms with van der Waals surface area (Å²) in [5.74, 6) is 0.242. The van der Waals surface area contributed by atoms with Crippen molar-refractivity contribution in [2.24, 2.45) is 0 Å². The predicted molar refractivity (Wildman–Crippen MR) is 94.1 cm³/mol. The van der Waals surface area contributed by atoms with Gasteiger partial charge >= 0.3 is 5.63 Å². The average Bonchev–Trinajstić information content (AvgIpc) is 2.54. The number of fused-ring (bicyclic) bond motifs is 1. The normalized spacial score (nSPS) is 11.6. The van der Waals surface area contributed by atoms with Gasteiger partial charge in [-0.3, -0.25) is 0 Å². The molecule has 0 radical (unpaired) electrons. The quantitative estimate of drug-likeness (QED) is 0.617. The van der Waals surface area contributed by atoms with Gasteiger partial charge in [0.2, 0.25) is 0 Å². The van der Waals surface area contributed by atoms with E-state index in [1.54, 1.807) is 42.5 Å². The third-order valence-corrected chi connectivity index (χ3v) is 5.65. The molecule has 0 bridgehead atoms. The highest BCUT2D eigenvalue weighted by Crippen LogP contribution is 2.23. The van der Waals surface area contributed by atoms with Crippen LogP contribution in [0, 0.1) is 0 Å². The van der Waals surface area contributed by atoms with Gasteiger partial charge in [-0.1, -0.05) is 28.1 Å². The summed E-state index contributed by atoms with van der Waals surface area (Å²) < 4.78 is 36.3. The molecule has 0 fully saturated rings. The van der Waals surface area contributed by atoms with Crippen molar-refractivity contribution in [2.75, 3.05) is 7.11 Å². The second-order valence-electron chi connectivity index (χ2n) is 5.19. The van der Waals surface area contributed by atoms with Crippen LogP contribution < -0.4 is 10.4 Å². The Labute approximate surface area is 146 Å². The lowest BCUT2D eigenvalue weighted by atomic mass is 10.2. The molecule has 0 aliphatic heterocycles. The Morgan fingerprint density at radius 2 is 1.92 bits per heavy atom. The van der Waals surface area contributed by atoms with E-state index in [4.69, 9.17) is 9.15 Å². The van der Waals surface area contributed by atoms with E-state index in [0.717, 1.165) is 4.47 Å². The van der Waals surface area contributed by atoms with Crippen LogP contribution in [-0.4, -0.2) is 15.5 Å². The van der Waals surface area contributed by atoms with Gasteiger partial charge in [0, 0.05) is 9.86 Å². The molecule has 0 N–H and O–H groups in total. The Kier molecular flexibility index (Phi) is 4.47. The van der Waals surface area contributed by atoms with Gasteiger partial charge in [0.15, 0.2) is 14.7 Å². The highest BCUT2D eigenvalue weighted by molar-refractivity contribution is 9.10. The van der Waals surface area contributed by atoms with E-state index in [-0.39, 0.29) is 10.6 Å². The summed E-state index contributed by atoms with van der Waals surface area (Å²) in [7, 11) is -2.35. The second kappa shape index (κ2) is 6.41. The molecule has 0 saturated heterocycles. The zero-order valence-corrected chi connectivity index (χ0v) is 15.1. The molecule has 124 valence electrons. The smallest absolute Gasteiger partial charge is 0.355 e. The standard InChI is InChI=1S/C17H13BrO5S/c1-22-14-4-2-3-11(7-14)10-24(20,21)16-9-12-8-13(18)5-6-15(12)23-17(16)19/h2-9H,10H2,1H3. The van der Waals surface area contributed by atoms with E-state index in [9.17, 15) is 13.2 Å². The average molecular weight is 409 g/mol. The Bertz CT molecular complexity index is 1070. The molecule has 0 unspecified atom stereocenters. The van der Waals surface area contributed by atoms with Crippen LogP contribution >= 0.6 is 15.9 Å². The van der Waals surface area contributed by atoms with Gasteiger partial charge in [-0.25, -0.2) is 13.2 Å². The lowest BCUT2D eigenvalue weighted by molar-refractivity contribution is 0.414. The van der Waals surface area contributed by atoms with Crippen molar-refractivity contribution >= 4 is 36.7 Å². The molecular weight excluding hydrogens is 396 g/mol. The summed E-state index contributed by atoms with van der Waals surface area (Å²) in [6.45, 7) is 0. The fourth-order valence-electron chi connectivity index (χ4n) is 2.35. The van der Waals surface area contributed by atoms with Crippen LogP contribution in [0.1, 0.15) is 5.56 Å². The molecule has 2 aromatic carbocycles. The summed E-state index contributed by atoms with van der Waals surface area (Å²) in [5.41, 5.74) is -0.000613. The van der Waals surface area contributed by atoms with Gasteiger partial charge in [0.1, 0.15) is 11.3 Å². The number of ether oxygens (including phenoxy) is 1. The van der Waals surface area contributed by atoms with Crippen LogP contribution in [0.5, 0.6) is 5.75 Å². The van der Waals surface area contributed by atoms with Crippen molar-refractivity contribution in [1.29, 1.82) is 0 Å². The molecule has 0 aliphatic carbocycles. The molecule has 0 atom stereocenters. The number of halogens is 1. The number of sulfone groups is 1. The number of hydrogen-bond donors (Lipinski definition) is 0. The second-order valence-corrected chi connectivity index (χ2v) is 8.06. The van der Waals surface area contributed by atoms with Gasteiger partial charge in [-0.15, -0.1) is 0 Å². The van der Waals surface area contributed by atoms with Crippen molar-refractivity contribution in [3.8, 4) is 5.75 Å². The van der Waals surface area contributed by atoms with E-state index in [0.29, 0.717) is 22.3 Å². The lowest BCUT2D eigenvalue weighted by Gasteiger charge is -2.06. The van der Waals surface area contributed by atoms with Crippen molar-refractivity contribution in [3.05, 3.63) is 69.0 Å². The molecule has 3 aromatic rings. The number of benzene rings is 2. The van der Waals surface area contributed by atoms with Crippen LogP contribution in [0.4, 0.5) is 0 Å². The van der Waals surface area contributed by atoms with E-state index in [1.165, 1.54) is 13.2 Å². The van der Waals surface area contributed by atoms with Crippen LogP contribution in [0.25, 0.3) is 11.0 Å². The van der Waals surface area contributed by atoms with Crippen molar-refractivity contribution < 1.29 is 17.6 Å². The van der Waals surface area contributed by atoms with Crippen LogP contribution in [0.3, 0.4) is 0 Å². The number of methoxy groups -OCH3 is 1. The predicted octanol–water partition coefficient (Wildman–Crippen LogP) is 3.54. The fourth-order valence-corrected chi connectivity index (χ4v) is 4.11. The third kappa shape index (κ3) is 3.37. The molecule has 24 heavy (non-hydrogen) atoms. The van der Waals surface area contributed by atoms with E-state index >= 15 is 0 Å². The largest absolute Gasteiger partial charge is 0.497 e. The third-order valence-electron chi connectivity index (χ3n) is 3.49. The minimum Gasteiger partial charge on any atom is -0.497 e. The van der Waals surface area contributed by atoms with Gasteiger partial charge in [-0.2, -0.15) is 0 Å². The molecule has 0 aliphatic rings. The first-order valence-corrected chi connectivity index (χ1v) is 9.43. The molecule has 0 saturated carbocycles. The lowest BCUT2D eigenvalue weighted by Crippen LogP contribution is -2.15. The van der Waals surface area contributed by atoms with Gasteiger partial charge < -0.3 is 9.15 Å². The maximum absolute atomic E-state index is 12.6. The van der Waals surface area contributed by atoms with Crippen molar-refractivity contribution in [3.63, 3.8) is 0 Å². The summed E-state index contributed by atoms with van der Waals surface area (Å²) in [5, 5.41) is 0.535. The zero-order chi connectivity index (χ0) is 17.3. The van der Waals surface area contributed by atoms with Crippen LogP contribution in [0.2, 0.25) is 0 Å². The van der Waals surface area contributed by atoms with Gasteiger partial charge in [-0.05, 0) is 42.0 Å². The first-order valence-electron chi connectivity index (χ1n) is 6.98. The Morgan fingerprint density at radius 1 is 1.12 bits per heavy atom. The molecule has 1 heterocycles. The summed E-state index contributed by atoms with van der Waals surface area (Å²) in [6.07, 6.45) is 0. The van der Waals surface area contributed by atoms with E-state index < -0.39 is 15.5 Å². The first kappa shape index (κ1) is 16.7. The zero-order valence-electron chi connectivity index (χ0n) is 12.7. The number of rotatable bonds is 4. The van der Waals surface area contributed by atoms with Crippen LogP contribution in [0.15, 0.2) is 67.1 Å². The monoisotopic (exact) mass is 408 g/mol.